The van der Waals surface area contributed by atoms with E-state index in [9.17, 15) is 4.79 Å². The summed E-state index contributed by atoms with van der Waals surface area (Å²) < 4.78 is 0. The smallest absolute Gasteiger partial charge is 0.239 e. The van der Waals surface area contributed by atoms with Crippen molar-refractivity contribution in [1.82, 2.24) is 0 Å². The van der Waals surface area contributed by atoms with Crippen LogP contribution in [0, 0.1) is 0 Å². The summed E-state index contributed by atoms with van der Waals surface area (Å²) in [5.74, 6) is 1.29. The molecule has 1 aromatic rings. The number of carbonyl (C=O) groups is 1. The average molecular weight is 236 g/mol. The number of hydrogen-bond donors (Lipinski definition) is 1. The molecule has 0 aromatic heterocycles. The Hall–Kier alpha value is -1.16. The first-order valence-electron chi connectivity index (χ1n) is 5.43. The summed E-state index contributed by atoms with van der Waals surface area (Å²) in [5.41, 5.74) is 7.27. The van der Waals surface area contributed by atoms with E-state index < -0.39 is 0 Å². The third kappa shape index (κ3) is 2.32. The van der Waals surface area contributed by atoms with Gasteiger partial charge in [0.05, 0.1) is 5.25 Å². The fourth-order valence-corrected chi connectivity index (χ4v) is 3.10. The van der Waals surface area contributed by atoms with Gasteiger partial charge in [-0.3, -0.25) is 4.79 Å². The number of nitrogen functional groups attached to an aromatic ring is 1. The Labute approximate surface area is 100.0 Å². The lowest BCUT2D eigenvalue weighted by atomic mass is 10.2. The van der Waals surface area contributed by atoms with Crippen molar-refractivity contribution in [1.29, 1.82) is 0 Å². The number of rotatable bonds is 2. The van der Waals surface area contributed by atoms with E-state index in [1.54, 1.807) is 16.7 Å². The molecule has 1 heterocycles. The molecule has 4 heteroatoms. The van der Waals surface area contributed by atoms with E-state index in [0.717, 1.165) is 24.3 Å². The summed E-state index contributed by atoms with van der Waals surface area (Å²) >= 11 is 1.76. The molecule has 1 atom stereocenters. The Morgan fingerprint density at radius 3 is 3.00 bits per heavy atom. The van der Waals surface area contributed by atoms with Gasteiger partial charge in [-0.25, -0.2) is 0 Å². The number of thioether (sulfide) groups is 1. The van der Waals surface area contributed by atoms with Gasteiger partial charge in [-0.05, 0) is 36.8 Å². The van der Waals surface area contributed by atoms with Crippen molar-refractivity contribution in [3.05, 3.63) is 24.3 Å². The van der Waals surface area contributed by atoms with Crippen molar-refractivity contribution >= 4 is 29.0 Å². The van der Waals surface area contributed by atoms with Gasteiger partial charge in [0, 0.05) is 18.4 Å². The van der Waals surface area contributed by atoms with Crippen LogP contribution >= 0.6 is 11.8 Å². The SMILES string of the molecule is CN(C(=O)C1CCCS1)c1cccc(N)c1. The maximum atomic E-state index is 12.1. The second kappa shape index (κ2) is 4.78. The third-order valence-corrected chi connectivity index (χ3v) is 4.16. The first-order chi connectivity index (χ1) is 7.68. The molecular formula is C12H16N2OS. The largest absolute Gasteiger partial charge is 0.399 e. The van der Waals surface area contributed by atoms with Crippen molar-refractivity contribution in [3.63, 3.8) is 0 Å². The second-order valence-electron chi connectivity index (χ2n) is 3.99. The zero-order valence-electron chi connectivity index (χ0n) is 9.35. The Morgan fingerprint density at radius 1 is 1.56 bits per heavy atom. The van der Waals surface area contributed by atoms with Crippen LogP contribution in [0.1, 0.15) is 12.8 Å². The van der Waals surface area contributed by atoms with Crippen LogP contribution in [-0.2, 0) is 4.79 Å². The Kier molecular flexibility index (Phi) is 3.39. The van der Waals surface area contributed by atoms with Crippen molar-refractivity contribution in [3.8, 4) is 0 Å². The standard InChI is InChI=1S/C12H16N2OS/c1-14(10-5-2-4-9(13)8-10)12(15)11-6-3-7-16-11/h2,4-5,8,11H,3,6-7,13H2,1H3. The first-order valence-corrected chi connectivity index (χ1v) is 6.48. The molecule has 1 unspecified atom stereocenters. The monoisotopic (exact) mass is 236 g/mol. The minimum atomic E-state index is 0.131. The van der Waals surface area contributed by atoms with Crippen LogP contribution in [0.3, 0.4) is 0 Å². The van der Waals surface area contributed by atoms with Gasteiger partial charge in [0.1, 0.15) is 0 Å². The number of nitrogens with zero attached hydrogens (tertiary/aromatic N) is 1. The normalized spacial score (nSPS) is 19.7. The third-order valence-electron chi connectivity index (χ3n) is 2.79. The molecule has 1 amide bonds. The molecule has 1 fully saturated rings. The lowest BCUT2D eigenvalue weighted by Gasteiger charge is -2.20. The minimum Gasteiger partial charge on any atom is -0.399 e. The van der Waals surface area contributed by atoms with Crippen molar-refractivity contribution in [2.45, 2.75) is 18.1 Å². The molecule has 1 aliphatic heterocycles. The number of carbonyl (C=O) groups excluding carboxylic acids is 1. The summed E-state index contributed by atoms with van der Waals surface area (Å²) in [6.07, 6.45) is 2.14. The molecule has 2 rings (SSSR count). The van der Waals surface area contributed by atoms with Gasteiger partial charge in [0.25, 0.3) is 0 Å². The van der Waals surface area contributed by atoms with E-state index >= 15 is 0 Å². The van der Waals surface area contributed by atoms with Crippen LogP contribution in [0.2, 0.25) is 0 Å². The summed E-state index contributed by atoms with van der Waals surface area (Å²) in [5, 5.41) is 0.131. The average Bonchev–Trinajstić information content (AvgIpc) is 2.80. The molecule has 86 valence electrons. The predicted molar refractivity (Wildman–Crippen MR) is 69.7 cm³/mol. The predicted octanol–water partition coefficient (Wildman–Crippen LogP) is 2.13. The highest BCUT2D eigenvalue weighted by atomic mass is 32.2. The highest BCUT2D eigenvalue weighted by molar-refractivity contribution is 8.00. The highest BCUT2D eigenvalue weighted by Crippen LogP contribution is 2.29. The van der Waals surface area contributed by atoms with Crippen molar-refractivity contribution in [2.75, 3.05) is 23.4 Å². The van der Waals surface area contributed by atoms with E-state index in [1.165, 1.54) is 0 Å². The van der Waals surface area contributed by atoms with Crippen molar-refractivity contribution < 1.29 is 4.79 Å². The Morgan fingerprint density at radius 2 is 2.38 bits per heavy atom. The highest BCUT2D eigenvalue weighted by Gasteiger charge is 2.26. The van der Waals surface area contributed by atoms with E-state index in [4.69, 9.17) is 5.73 Å². The first kappa shape index (κ1) is 11.3. The molecule has 0 saturated carbocycles. The minimum absolute atomic E-state index is 0.131. The van der Waals surface area contributed by atoms with E-state index in [0.29, 0.717) is 5.69 Å². The van der Waals surface area contributed by atoms with Crippen LogP contribution in [-0.4, -0.2) is 24.0 Å². The Bertz CT molecular complexity index is 388. The molecule has 1 saturated heterocycles. The number of nitrogens with two attached hydrogens (primary N) is 1. The van der Waals surface area contributed by atoms with Gasteiger partial charge in [-0.15, -0.1) is 11.8 Å². The second-order valence-corrected chi connectivity index (χ2v) is 5.30. The molecule has 2 N–H and O–H groups in total. The summed E-state index contributed by atoms with van der Waals surface area (Å²) in [4.78, 5) is 13.8. The molecule has 16 heavy (non-hydrogen) atoms. The molecule has 0 bridgehead atoms. The van der Waals surface area contributed by atoms with Crippen LogP contribution < -0.4 is 10.6 Å². The van der Waals surface area contributed by atoms with Gasteiger partial charge in [0.2, 0.25) is 5.91 Å². The maximum Gasteiger partial charge on any atom is 0.239 e. The van der Waals surface area contributed by atoms with Crippen LogP contribution in [0.4, 0.5) is 11.4 Å². The molecule has 3 nitrogen and oxygen atoms in total. The van der Waals surface area contributed by atoms with Gasteiger partial charge >= 0.3 is 0 Å². The fraction of sp³-hybridized carbons (Fsp3) is 0.417. The van der Waals surface area contributed by atoms with Crippen molar-refractivity contribution in [2.24, 2.45) is 0 Å². The van der Waals surface area contributed by atoms with E-state index in [2.05, 4.69) is 0 Å². The van der Waals surface area contributed by atoms with Crippen LogP contribution in [0.15, 0.2) is 24.3 Å². The molecule has 0 radical (unpaired) electrons. The van der Waals surface area contributed by atoms with Crippen LogP contribution in [0.25, 0.3) is 0 Å². The van der Waals surface area contributed by atoms with Gasteiger partial charge in [-0.2, -0.15) is 0 Å². The Balaban J connectivity index is 2.11. The quantitative estimate of drug-likeness (QED) is 0.800. The fourth-order valence-electron chi connectivity index (χ4n) is 1.85. The van der Waals surface area contributed by atoms with E-state index in [-0.39, 0.29) is 11.2 Å². The topological polar surface area (TPSA) is 46.3 Å². The molecule has 1 aromatic carbocycles. The molecule has 0 aliphatic carbocycles. The van der Waals surface area contributed by atoms with E-state index in [1.807, 2.05) is 31.3 Å². The summed E-state index contributed by atoms with van der Waals surface area (Å²) in [7, 11) is 1.82. The summed E-state index contributed by atoms with van der Waals surface area (Å²) in [6, 6.07) is 7.44. The number of hydrogen-bond acceptors (Lipinski definition) is 3. The van der Waals surface area contributed by atoms with Gasteiger partial charge in [0.15, 0.2) is 0 Å². The lowest BCUT2D eigenvalue weighted by molar-refractivity contribution is -0.117. The maximum absolute atomic E-state index is 12.1. The lowest BCUT2D eigenvalue weighted by Crippen LogP contribution is -2.33. The molecule has 0 spiro atoms. The molecular weight excluding hydrogens is 220 g/mol. The number of anilines is 2. The molecule has 1 aliphatic rings. The number of amides is 1. The zero-order valence-corrected chi connectivity index (χ0v) is 10.2. The van der Waals surface area contributed by atoms with Gasteiger partial charge < -0.3 is 10.6 Å². The van der Waals surface area contributed by atoms with Gasteiger partial charge in [-0.1, -0.05) is 6.07 Å². The van der Waals surface area contributed by atoms with Crippen LogP contribution in [0.5, 0.6) is 0 Å². The zero-order chi connectivity index (χ0) is 11.5. The number of benzene rings is 1. The summed E-state index contributed by atoms with van der Waals surface area (Å²) in [6.45, 7) is 0.